The standard InChI is InChI=1S/C3H3N7/c1-3(2-5-4-1)10-8-6-7-9-10/h1-2H,(H,4,5). The Kier molecular flexibility index (Phi) is 0.938. The first-order valence-corrected chi connectivity index (χ1v) is 2.57. The lowest BCUT2D eigenvalue weighted by molar-refractivity contribution is 0.712. The van der Waals surface area contributed by atoms with Gasteiger partial charge in [0.2, 0.25) is 0 Å². The quantitative estimate of drug-likeness (QED) is 0.532. The molecule has 0 aliphatic rings. The highest BCUT2D eigenvalue weighted by Crippen LogP contribution is 1.94. The molecule has 2 heterocycles. The van der Waals surface area contributed by atoms with Crippen LogP contribution in [0.3, 0.4) is 0 Å². The lowest BCUT2D eigenvalue weighted by atomic mass is 10.6. The highest BCUT2D eigenvalue weighted by molar-refractivity contribution is 5.18. The third kappa shape index (κ3) is 0.642. The van der Waals surface area contributed by atoms with Crippen LogP contribution >= 0.6 is 0 Å². The molecule has 0 aromatic carbocycles. The summed E-state index contributed by atoms with van der Waals surface area (Å²) >= 11 is 0. The summed E-state index contributed by atoms with van der Waals surface area (Å²) in [4.78, 5) is 1.27. The average Bonchev–Trinajstić information content (AvgIpc) is 2.59. The fourth-order valence-corrected chi connectivity index (χ4v) is 0.586. The Labute approximate surface area is 55.0 Å². The van der Waals surface area contributed by atoms with E-state index >= 15 is 0 Å². The number of hydrogen-bond acceptors (Lipinski definition) is 5. The minimum absolute atomic E-state index is 0.713. The average molecular weight is 137 g/mol. The first-order chi connectivity index (χ1) is 4.97. The van der Waals surface area contributed by atoms with Crippen molar-refractivity contribution in [3.63, 3.8) is 0 Å². The molecule has 0 aliphatic heterocycles. The molecule has 0 aliphatic carbocycles. The van der Waals surface area contributed by atoms with Gasteiger partial charge < -0.3 is 0 Å². The molecule has 2 aromatic rings. The van der Waals surface area contributed by atoms with Crippen LogP contribution in [0.4, 0.5) is 0 Å². The van der Waals surface area contributed by atoms with Gasteiger partial charge in [0.15, 0.2) is 0 Å². The van der Waals surface area contributed by atoms with Crippen molar-refractivity contribution in [2.75, 3.05) is 0 Å². The maximum absolute atomic E-state index is 3.70. The van der Waals surface area contributed by atoms with Crippen molar-refractivity contribution in [2.45, 2.75) is 0 Å². The smallest absolute Gasteiger partial charge is 0.127 e. The molecule has 0 atom stereocenters. The summed E-state index contributed by atoms with van der Waals surface area (Å²) in [7, 11) is 0. The van der Waals surface area contributed by atoms with Gasteiger partial charge >= 0.3 is 0 Å². The van der Waals surface area contributed by atoms with E-state index in [0.717, 1.165) is 0 Å². The van der Waals surface area contributed by atoms with Gasteiger partial charge in [-0.15, -0.1) is 4.80 Å². The van der Waals surface area contributed by atoms with E-state index in [4.69, 9.17) is 0 Å². The first kappa shape index (κ1) is 5.03. The fourth-order valence-electron chi connectivity index (χ4n) is 0.586. The molecule has 0 fully saturated rings. The molecular formula is C3H3N7. The van der Waals surface area contributed by atoms with E-state index in [-0.39, 0.29) is 0 Å². The Morgan fingerprint density at radius 2 is 2.10 bits per heavy atom. The van der Waals surface area contributed by atoms with Crippen LogP contribution in [0, 0.1) is 0 Å². The Morgan fingerprint density at radius 1 is 1.30 bits per heavy atom. The van der Waals surface area contributed by atoms with Crippen molar-refractivity contribution >= 4 is 0 Å². The van der Waals surface area contributed by atoms with Crippen LogP contribution in [0.25, 0.3) is 5.69 Å². The van der Waals surface area contributed by atoms with Gasteiger partial charge in [0.1, 0.15) is 5.69 Å². The third-order valence-corrected chi connectivity index (χ3v) is 1.00. The van der Waals surface area contributed by atoms with Gasteiger partial charge in [-0.2, -0.15) is 5.10 Å². The van der Waals surface area contributed by atoms with Crippen LogP contribution in [0.5, 0.6) is 0 Å². The molecule has 2 aromatic heterocycles. The van der Waals surface area contributed by atoms with E-state index in [1.807, 2.05) is 0 Å². The van der Waals surface area contributed by atoms with Gasteiger partial charge in [0.05, 0.1) is 6.20 Å². The number of rotatable bonds is 1. The monoisotopic (exact) mass is 137 g/mol. The number of aromatic nitrogens is 7. The number of hydrogen-bond donors (Lipinski definition) is 1. The number of H-pyrrole nitrogens is 1. The van der Waals surface area contributed by atoms with Crippen LogP contribution in [-0.4, -0.2) is 35.8 Å². The van der Waals surface area contributed by atoms with E-state index in [1.54, 1.807) is 12.4 Å². The van der Waals surface area contributed by atoms with Gasteiger partial charge in [-0.05, 0) is 20.9 Å². The SMILES string of the molecule is c1n[nH]cc1-n1nnnn1. The fraction of sp³-hybridized carbons (Fsp3) is 0. The Morgan fingerprint density at radius 3 is 2.70 bits per heavy atom. The molecule has 0 radical (unpaired) electrons. The van der Waals surface area contributed by atoms with Crippen LogP contribution in [0.2, 0.25) is 0 Å². The molecule has 0 saturated heterocycles. The summed E-state index contributed by atoms with van der Waals surface area (Å²) in [6.45, 7) is 0. The Bertz CT molecular complexity index is 248. The molecule has 7 heteroatoms. The minimum Gasteiger partial charge on any atom is -0.283 e. The summed E-state index contributed by atoms with van der Waals surface area (Å²) in [6, 6.07) is 0. The molecule has 0 bridgehead atoms. The van der Waals surface area contributed by atoms with Crippen molar-refractivity contribution < 1.29 is 0 Å². The zero-order valence-electron chi connectivity index (χ0n) is 4.84. The molecule has 0 spiro atoms. The predicted octanol–water partition coefficient (Wildman–Crippen LogP) is -1.22. The normalized spacial score (nSPS) is 10.0. The van der Waals surface area contributed by atoms with Gasteiger partial charge in [-0.1, -0.05) is 0 Å². The largest absolute Gasteiger partial charge is 0.283 e. The second-order valence-corrected chi connectivity index (χ2v) is 1.60. The van der Waals surface area contributed by atoms with Crippen molar-refractivity contribution in [1.29, 1.82) is 0 Å². The van der Waals surface area contributed by atoms with Gasteiger partial charge in [0.25, 0.3) is 0 Å². The van der Waals surface area contributed by atoms with Crippen molar-refractivity contribution in [1.82, 2.24) is 35.8 Å². The molecule has 2 rings (SSSR count). The van der Waals surface area contributed by atoms with Crippen LogP contribution < -0.4 is 0 Å². The lowest BCUT2D eigenvalue weighted by Crippen LogP contribution is -1.96. The van der Waals surface area contributed by atoms with E-state index in [2.05, 4.69) is 31.1 Å². The summed E-state index contributed by atoms with van der Waals surface area (Å²) in [5.41, 5.74) is 0.713. The van der Waals surface area contributed by atoms with E-state index in [9.17, 15) is 0 Å². The van der Waals surface area contributed by atoms with Crippen molar-refractivity contribution in [2.24, 2.45) is 0 Å². The molecule has 1 N–H and O–H groups in total. The molecule has 10 heavy (non-hydrogen) atoms. The second kappa shape index (κ2) is 1.87. The Hall–Kier alpha value is -1.79. The zero-order chi connectivity index (χ0) is 6.81. The van der Waals surface area contributed by atoms with Gasteiger partial charge in [-0.3, -0.25) is 5.10 Å². The van der Waals surface area contributed by atoms with Crippen LogP contribution in [0.1, 0.15) is 0 Å². The topological polar surface area (TPSA) is 85.2 Å². The molecule has 50 valence electrons. The highest BCUT2D eigenvalue weighted by Gasteiger charge is 1.97. The van der Waals surface area contributed by atoms with Gasteiger partial charge in [-0.25, -0.2) is 0 Å². The number of aromatic amines is 1. The summed E-state index contributed by atoms with van der Waals surface area (Å²) in [5.74, 6) is 0. The molecule has 0 unspecified atom stereocenters. The maximum Gasteiger partial charge on any atom is 0.127 e. The summed E-state index contributed by atoms with van der Waals surface area (Å²) in [6.07, 6.45) is 3.22. The summed E-state index contributed by atoms with van der Waals surface area (Å²) < 4.78 is 0. The van der Waals surface area contributed by atoms with E-state index in [0.29, 0.717) is 5.69 Å². The van der Waals surface area contributed by atoms with E-state index < -0.39 is 0 Å². The summed E-state index contributed by atoms with van der Waals surface area (Å²) in [5, 5.41) is 20.0. The molecule has 7 nitrogen and oxygen atoms in total. The zero-order valence-corrected chi connectivity index (χ0v) is 4.84. The van der Waals surface area contributed by atoms with Crippen LogP contribution in [0.15, 0.2) is 12.4 Å². The first-order valence-electron chi connectivity index (χ1n) is 2.57. The second-order valence-electron chi connectivity index (χ2n) is 1.60. The van der Waals surface area contributed by atoms with Crippen molar-refractivity contribution in [3.8, 4) is 5.69 Å². The maximum atomic E-state index is 3.70. The third-order valence-electron chi connectivity index (χ3n) is 1.00. The molecular weight excluding hydrogens is 134 g/mol. The highest BCUT2D eigenvalue weighted by atomic mass is 15.7. The molecule has 0 saturated carbocycles. The van der Waals surface area contributed by atoms with Gasteiger partial charge in [0, 0.05) is 6.20 Å². The van der Waals surface area contributed by atoms with E-state index in [1.165, 1.54) is 4.80 Å². The lowest BCUT2D eigenvalue weighted by Gasteiger charge is -1.84. The number of nitrogens with zero attached hydrogens (tertiary/aromatic N) is 6. The Balaban J connectivity index is 2.48. The van der Waals surface area contributed by atoms with Crippen LogP contribution in [-0.2, 0) is 0 Å². The minimum atomic E-state index is 0.713. The predicted molar refractivity (Wildman–Crippen MR) is 29.1 cm³/mol. The molecule has 0 amide bonds. The van der Waals surface area contributed by atoms with Crippen molar-refractivity contribution in [3.05, 3.63) is 12.4 Å². The number of nitrogens with one attached hydrogen (secondary N) is 1.